The quantitative estimate of drug-likeness (QED) is 0.887. The smallest absolute Gasteiger partial charge is 0.251 e. The van der Waals surface area contributed by atoms with Crippen LogP contribution in [0.25, 0.3) is 0 Å². The van der Waals surface area contributed by atoms with Crippen molar-refractivity contribution in [3.8, 4) is 0 Å². The molecule has 21 heavy (non-hydrogen) atoms. The summed E-state index contributed by atoms with van der Waals surface area (Å²) in [6.07, 6.45) is 0. The molecular formula is C19H23NO. The zero-order valence-corrected chi connectivity index (χ0v) is 13.4. The van der Waals surface area contributed by atoms with Gasteiger partial charge in [0.05, 0.1) is 6.04 Å². The summed E-state index contributed by atoms with van der Waals surface area (Å²) in [5, 5.41) is 3.07. The van der Waals surface area contributed by atoms with Gasteiger partial charge in [-0.2, -0.15) is 0 Å². The van der Waals surface area contributed by atoms with Gasteiger partial charge in [-0.15, -0.1) is 0 Å². The number of benzene rings is 2. The minimum absolute atomic E-state index is 0.00147. The van der Waals surface area contributed by atoms with E-state index in [1.807, 2.05) is 32.0 Å². The van der Waals surface area contributed by atoms with Gasteiger partial charge in [-0.3, -0.25) is 4.79 Å². The molecule has 0 bridgehead atoms. The summed E-state index contributed by atoms with van der Waals surface area (Å²) in [5.74, 6) is -0.0242. The molecule has 0 fully saturated rings. The van der Waals surface area contributed by atoms with Crippen molar-refractivity contribution < 1.29 is 4.79 Å². The third-order valence-corrected chi connectivity index (χ3v) is 4.15. The molecule has 0 aliphatic carbocycles. The van der Waals surface area contributed by atoms with Gasteiger partial charge in [0.1, 0.15) is 0 Å². The average Bonchev–Trinajstić information content (AvgIpc) is 2.44. The standard InChI is InChI=1S/C19H23NO/c1-12-6-8-17(10-14(12)3)16(5)20-19(21)18-9-7-13(2)15(4)11-18/h6-11,16H,1-5H3,(H,20,21)/t16-/m0/s1. The van der Waals surface area contributed by atoms with E-state index in [1.165, 1.54) is 16.7 Å². The summed E-state index contributed by atoms with van der Waals surface area (Å²) in [6.45, 7) is 10.3. The zero-order chi connectivity index (χ0) is 15.6. The molecule has 2 nitrogen and oxygen atoms in total. The van der Waals surface area contributed by atoms with Crippen LogP contribution < -0.4 is 5.32 Å². The number of carbonyl (C=O) groups is 1. The van der Waals surface area contributed by atoms with E-state index in [2.05, 4.69) is 44.3 Å². The van der Waals surface area contributed by atoms with Crippen LogP contribution in [0.4, 0.5) is 0 Å². The van der Waals surface area contributed by atoms with Gasteiger partial charge < -0.3 is 5.32 Å². The predicted octanol–water partition coefficient (Wildman–Crippen LogP) is 4.41. The van der Waals surface area contributed by atoms with Crippen LogP contribution in [0, 0.1) is 27.7 Å². The van der Waals surface area contributed by atoms with Crippen molar-refractivity contribution in [2.24, 2.45) is 0 Å². The molecular weight excluding hydrogens is 258 g/mol. The fourth-order valence-electron chi connectivity index (χ4n) is 2.28. The Kier molecular flexibility index (Phi) is 4.46. The van der Waals surface area contributed by atoms with Gasteiger partial charge in [-0.1, -0.05) is 24.3 Å². The number of amides is 1. The molecule has 0 aromatic heterocycles. The summed E-state index contributed by atoms with van der Waals surface area (Å²) in [4.78, 5) is 12.3. The largest absolute Gasteiger partial charge is 0.346 e. The van der Waals surface area contributed by atoms with Crippen LogP contribution in [0.5, 0.6) is 0 Å². The molecule has 2 heteroatoms. The number of aryl methyl sites for hydroxylation is 4. The van der Waals surface area contributed by atoms with Crippen LogP contribution in [0.1, 0.15) is 51.1 Å². The van der Waals surface area contributed by atoms with Crippen molar-refractivity contribution in [3.05, 3.63) is 69.8 Å². The van der Waals surface area contributed by atoms with Gasteiger partial charge in [0.25, 0.3) is 5.91 Å². The van der Waals surface area contributed by atoms with Crippen molar-refractivity contribution in [2.45, 2.75) is 40.7 Å². The monoisotopic (exact) mass is 281 g/mol. The van der Waals surface area contributed by atoms with Crippen LogP contribution in [0.15, 0.2) is 36.4 Å². The summed E-state index contributed by atoms with van der Waals surface area (Å²) in [6, 6.07) is 12.1. The number of hydrogen-bond donors (Lipinski definition) is 1. The highest BCUT2D eigenvalue weighted by molar-refractivity contribution is 5.94. The average molecular weight is 281 g/mol. The molecule has 110 valence electrons. The molecule has 2 aromatic carbocycles. The molecule has 1 atom stereocenters. The summed E-state index contributed by atoms with van der Waals surface area (Å²) in [7, 11) is 0. The minimum atomic E-state index is -0.0242. The van der Waals surface area contributed by atoms with Crippen molar-refractivity contribution in [1.29, 1.82) is 0 Å². The summed E-state index contributed by atoms with van der Waals surface area (Å²) >= 11 is 0. The van der Waals surface area contributed by atoms with E-state index in [1.54, 1.807) is 0 Å². The molecule has 0 radical (unpaired) electrons. The molecule has 1 amide bonds. The highest BCUT2D eigenvalue weighted by Gasteiger charge is 2.12. The Balaban J connectivity index is 2.14. The first-order valence-electron chi connectivity index (χ1n) is 7.33. The predicted molar refractivity (Wildman–Crippen MR) is 87.7 cm³/mol. The molecule has 0 saturated heterocycles. The first-order chi connectivity index (χ1) is 9.88. The first-order valence-corrected chi connectivity index (χ1v) is 7.33. The van der Waals surface area contributed by atoms with Crippen molar-refractivity contribution >= 4 is 5.91 Å². The third-order valence-electron chi connectivity index (χ3n) is 4.15. The second-order valence-corrected chi connectivity index (χ2v) is 5.84. The molecule has 0 spiro atoms. The van der Waals surface area contributed by atoms with Crippen molar-refractivity contribution in [1.82, 2.24) is 5.32 Å². The molecule has 0 unspecified atom stereocenters. The van der Waals surface area contributed by atoms with E-state index in [-0.39, 0.29) is 11.9 Å². The van der Waals surface area contributed by atoms with Crippen LogP contribution >= 0.6 is 0 Å². The van der Waals surface area contributed by atoms with Crippen LogP contribution in [-0.4, -0.2) is 5.91 Å². The Morgan fingerprint density at radius 1 is 0.857 bits per heavy atom. The molecule has 0 saturated carbocycles. The van der Waals surface area contributed by atoms with Gasteiger partial charge in [0.2, 0.25) is 0 Å². The van der Waals surface area contributed by atoms with Gasteiger partial charge >= 0.3 is 0 Å². The lowest BCUT2D eigenvalue weighted by molar-refractivity contribution is 0.0940. The fraction of sp³-hybridized carbons (Fsp3) is 0.316. The Bertz CT molecular complexity index is 673. The number of rotatable bonds is 3. The highest BCUT2D eigenvalue weighted by atomic mass is 16.1. The molecule has 1 N–H and O–H groups in total. The van der Waals surface area contributed by atoms with E-state index >= 15 is 0 Å². The number of hydrogen-bond acceptors (Lipinski definition) is 1. The van der Waals surface area contributed by atoms with E-state index in [4.69, 9.17) is 0 Å². The number of carbonyl (C=O) groups excluding carboxylic acids is 1. The topological polar surface area (TPSA) is 29.1 Å². The lowest BCUT2D eigenvalue weighted by atomic mass is 10.0. The van der Waals surface area contributed by atoms with Crippen LogP contribution in [0.3, 0.4) is 0 Å². The Labute approximate surface area is 127 Å². The van der Waals surface area contributed by atoms with E-state index in [0.717, 1.165) is 11.1 Å². The van der Waals surface area contributed by atoms with Gasteiger partial charge in [0.15, 0.2) is 0 Å². The maximum Gasteiger partial charge on any atom is 0.251 e. The third kappa shape index (κ3) is 3.52. The summed E-state index contributed by atoms with van der Waals surface area (Å²) in [5.41, 5.74) is 6.71. The van der Waals surface area contributed by atoms with E-state index in [0.29, 0.717) is 5.56 Å². The Hall–Kier alpha value is -2.09. The second-order valence-electron chi connectivity index (χ2n) is 5.84. The van der Waals surface area contributed by atoms with E-state index < -0.39 is 0 Å². The fourth-order valence-corrected chi connectivity index (χ4v) is 2.28. The lowest BCUT2D eigenvalue weighted by Gasteiger charge is -2.16. The molecule has 2 aromatic rings. The molecule has 0 aliphatic rings. The highest BCUT2D eigenvalue weighted by Crippen LogP contribution is 2.18. The van der Waals surface area contributed by atoms with Gasteiger partial charge in [0, 0.05) is 5.56 Å². The van der Waals surface area contributed by atoms with E-state index in [9.17, 15) is 4.79 Å². The van der Waals surface area contributed by atoms with Crippen LogP contribution in [0.2, 0.25) is 0 Å². The minimum Gasteiger partial charge on any atom is -0.346 e. The lowest BCUT2D eigenvalue weighted by Crippen LogP contribution is -2.26. The van der Waals surface area contributed by atoms with Crippen molar-refractivity contribution in [3.63, 3.8) is 0 Å². The first kappa shape index (κ1) is 15.3. The second kappa shape index (κ2) is 6.13. The summed E-state index contributed by atoms with van der Waals surface area (Å²) < 4.78 is 0. The normalized spacial score (nSPS) is 12.0. The number of nitrogens with one attached hydrogen (secondary N) is 1. The zero-order valence-electron chi connectivity index (χ0n) is 13.4. The maximum atomic E-state index is 12.3. The maximum absolute atomic E-state index is 12.3. The van der Waals surface area contributed by atoms with Gasteiger partial charge in [-0.05, 0) is 74.6 Å². The Morgan fingerprint density at radius 2 is 1.43 bits per heavy atom. The molecule has 2 rings (SSSR count). The molecule has 0 heterocycles. The molecule has 0 aliphatic heterocycles. The Morgan fingerprint density at radius 3 is 2.00 bits per heavy atom. The van der Waals surface area contributed by atoms with Crippen molar-refractivity contribution in [2.75, 3.05) is 0 Å². The SMILES string of the molecule is Cc1ccc(C(=O)N[C@@H](C)c2ccc(C)c(C)c2)cc1C. The van der Waals surface area contributed by atoms with Gasteiger partial charge in [-0.25, -0.2) is 0 Å². The van der Waals surface area contributed by atoms with Crippen LogP contribution in [-0.2, 0) is 0 Å².